The van der Waals surface area contributed by atoms with E-state index in [4.69, 9.17) is 0 Å². The summed E-state index contributed by atoms with van der Waals surface area (Å²) in [6.07, 6.45) is 1.82. The quantitative estimate of drug-likeness (QED) is 0.632. The Morgan fingerprint density at radius 2 is 1.80 bits per heavy atom. The van der Waals surface area contributed by atoms with E-state index in [0.29, 0.717) is 6.54 Å². The van der Waals surface area contributed by atoms with Gasteiger partial charge in [0.2, 0.25) is 5.91 Å². The highest BCUT2D eigenvalue weighted by atomic mass is 32.1. The third kappa shape index (κ3) is 5.50. The number of nitrogens with zero attached hydrogens (tertiary/aromatic N) is 3. The summed E-state index contributed by atoms with van der Waals surface area (Å²) in [4.78, 5) is 22.8. The SMILES string of the molecule is O=C(CN1CCN(Cc2ccccn2)CC1)NC(c1ccc(F)cc1)c1cccs1. The first-order valence-electron chi connectivity index (χ1n) is 10.1. The highest BCUT2D eigenvalue weighted by Crippen LogP contribution is 2.26. The molecule has 156 valence electrons. The monoisotopic (exact) mass is 424 g/mol. The largest absolute Gasteiger partial charge is 0.343 e. The molecule has 0 saturated carbocycles. The number of rotatable bonds is 7. The third-order valence-electron chi connectivity index (χ3n) is 5.28. The molecule has 1 aliphatic rings. The van der Waals surface area contributed by atoms with E-state index in [2.05, 4.69) is 20.1 Å². The van der Waals surface area contributed by atoms with Gasteiger partial charge in [-0.1, -0.05) is 24.3 Å². The van der Waals surface area contributed by atoms with Crippen molar-refractivity contribution in [1.29, 1.82) is 0 Å². The molecule has 0 aliphatic carbocycles. The number of amides is 1. The third-order valence-corrected chi connectivity index (χ3v) is 6.22. The summed E-state index contributed by atoms with van der Waals surface area (Å²) in [6, 6.07) is 16.0. The molecular formula is C23H25FN4OS. The van der Waals surface area contributed by atoms with E-state index in [1.54, 1.807) is 23.5 Å². The molecule has 4 rings (SSSR count). The molecule has 1 amide bonds. The van der Waals surface area contributed by atoms with E-state index < -0.39 is 0 Å². The molecular weight excluding hydrogens is 399 g/mol. The number of nitrogens with one attached hydrogen (secondary N) is 1. The number of carbonyl (C=O) groups is 1. The van der Waals surface area contributed by atoms with Crippen LogP contribution in [0.4, 0.5) is 4.39 Å². The molecule has 0 bridgehead atoms. The van der Waals surface area contributed by atoms with Gasteiger partial charge in [-0.2, -0.15) is 0 Å². The molecule has 1 unspecified atom stereocenters. The van der Waals surface area contributed by atoms with Gasteiger partial charge in [0.05, 0.1) is 18.3 Å². The van der Waals surface area contributed by atoms with Crippen LogP contribution in [-0.4, -0.2) is 53.4 Å². The number of benzene rings is 1. The number of halogens is 1. The number of pyridine rings is 1. The van der Waals surface area contributed by atoms with E-state index in [-0.39, 0.29) is 17.8 Å². The molecule has 1 N–H and O–H groups in total. The highest BCUT2D eigenvalue weighted by Gasteiger charge is 2.22. The second-order valence-electron chi connectivity index (χ2n) is 7.44. The van der Waals surface area contributed by atoms with E-state index >= 15 is 0 Å². The molecule has 5 nitrogen and oxygen atoms in total. The van der Waals surface area contributed by atoms with Gasteiger partial charge in [0.1, 0.15) is 5.82 Å². The predicted octanol–water partition coefficient (Wildman–Crippen LogP) is 3.31. The number of piperazine rings is 1. The minimum Gasteiger partial charge on any atom is -0.343 e. The fourth-order valence-corrected chi connectivity index (χ4v) is 4.47. The van der Waals surface area contributed by atoms with Gasteiger partial charge < -0.3 is 5.32 Å². The number of hydrogen-bond acceptors (Lipinski definition) is 5. The van der Waals surface area contributed by atoms with Gasteiger partial charge >= 0.3 is 0 Å². The van der Waals surface area contributed by atoms with Crippen molar-refractivity contribution in [3.8, 4) is 0 Å². The Labute approximate surface area is 180 Å². The van der Waals surface area contributed by atoms with Gasteiger partial charge in [-0.25, -0.2) is 4.39 Å². The summed E-state index contributed by atoms with van der Waals surface area (Å²) >= 11 is 1.58. The van der Waals surface area contributed by atoms with Crippen molar-refractivity contribution < 1.29 is 9.18 Å². The average molecular weight is 425 g/mol. The lowest BCUT2D eigenvalue weighted by atomic mass is 10.1. The Morgan fingerprint density at radius 3 is 2.47 bits per heavy atom. The maximum absolute atomic E-state index is 13.3. The van der Waals surface area contributed by atoms with E-state index in [0.717, 1.165) is 48.9 Å². The normalized spacial score (nSPS) is 16.3. The van der Waals surface area contributed by atoms with Crippen LogP contribution in [0.25, 0.3) is 0 Å². The van der Waals surface area contributed by atoms with Crippen LogP contribution in [0.3, 0.4) is 0 Å². The van der Waals surface area contributed by atoms with Crippen molar-refractivity contribution in [1.82, 2.24) is 20.1 Å². The highest BCUT2D eigenvalue weighted by molar-refractivity contribution is 7.10. The topological polar surface area (TPSA) is 48.5 Å². The lowest BCUT2D eigenvalue weighted by molar-refractivity contribution is -0.123. The molecule has 1 aromatic carbocycles. The lowest BCUT2D eigenvalue weighted by Gasteiger charge is -2.34. The van der Waals surface area contributed by atoms with Crippen LogP contribution in [0, 0.1) is 5.82 Å². The Morgan fingerprint density at radius 1 is 1.03 bits per heavy atom. The summed E-state index contributed by atoms with van der Waals surface area (Å²) in [5.74, 6) is -0.297. The maximum atomic E-state index is 13.3. The number of thiophene rings is 1. The summed E-state index contributed by atoms with van der Waals surface area (Å²) in [6.45, 7) is 4.72. The number of aromatic nitrogens is 1. The summed E-state index contributed by atoms with van der Waals surface area (Å²) < 4.78 is 13.3. The van der Waals surface area contributed by atoms with Gasteiger partial charge in [-0.3, -0.25) is 19.6 Å². The minimum atomic E-state index is -0.279. The van der Waals surface area contributed by atoms with Crippen LogP contribution in [0.5, 0.6) is 0 Å². The van der Waals surface area contributed by atoms with Crippen LogP contribution in [-0.2, 0) is 11.3 Å². The molecule has 0 radical (unpaired) electrons. The molecule has 2 aromatic heterocycles. The van der Waals surface area contributed by atoms with Gasteiger partial charge in [0.15, 0.2) is 0 Å². The Hall–Kier alpha value is -2.61. The fraction of sp³-hybridized carbons (Fsp3) is 0.304. The zero-order chi connectivity index (χ0) is 20.8. The zero-order valence-corrected chi connectivity index (χ0v) is 17.5. The molecule has 7 heteroatoms. The first-order chi connectivity index (χ1) is 14.7. The van der Waals surface area contributed by atoms with Gasteiger partial charge in [0.25, 0.3) is 0 Å². The molecule has 1 saturated heterocycles. The molecule has 1 aliphatic heterocycles. The Balaban J connectivity index is 1.31. The van der Waals surface area contributed by atoms with E-state index in [9.17, 15) is 9.18 Å². The van der Waals surface area contributed by atoms with Gasteiger partial charge in [0, 0.05) is 43.8 Å². The smallest absolute Gasteiger partial charge is 0.234 e. The molecule has 1 fully saturated rings. The van der Waals surface area contributed by atoms with Gasteiger partial charge in [-0.05, 0) is 41.3 Å². The summed E-state index contributed by atoms with van der Waals surface area (Å²) in [5, 5.41) is 5.12. The minimum absolute atomic E-state index is 0.0177. The fourth-order valence-electron chi connectivity index (χ4n) is 3.67. The van der Waals surface area contributed by atoms with Crippen LogP contribution in [0.15, 0.2) is 66.2 Å². The van der Waals surface area contributed by atoms with Gasteiger partial charge in [-0.15, -0.1) is 11.3 Å². The van der Waals surface area contributed by atoms with Crippen molar-refractivity contribution in [2.24, 2.45) is 0 Å². The van der Waals surface area contributed by atoms with Crippen LogP contribution in [0.1, 0.15) is 22.2 Å². The maximum Gasteiger partial charge on any atom is 0.234 e. The van der Waals surface area contributed by atoms with E-state index in [1.165, 1.54) is 12.1 Å². The Bertz CT molecular complexity index is 926. The summed E-state index contributed by atoms with van der Waals surface area (Å²) in [5.41, 5.74) is 1.95. The average Bonchev–Trinajstić information content (AvgIpc) is 3.30. The van der Waals surface area contributed by atoms with Crippen LogP contribution >= 0.6 is 11.3 Å². The molecule has 3 heterocycles. The molecule has 1 atom stereocenters. The standard InChI is InChI=1S/C23H25FN4OS/c24-19-8-6-18(7-9-19)23(21-5-3-15-30-21)26-22(29)17-28-13-11-27(12-14-28)16-20-4-1-2-10-25-20/h1-10,15,23H,11-14,16-17H2,(H,26,29). The van der Waals surface area contributed by atoms with Crippen molar-refractivity contribution in [3.05, 3.63) is 88.1 Å². The predicted molar refractivity (Wildman–Crippen MR) is 117 cm³/mol. The molecule has 30 heavy (non-hydrogen) atoms. The first kappa shape index (κ1) is 20.7. The van der Waals surface area contributed by atoms with Crippen molar-refractivity contribution >= 4 is 17.2 Å². The van der Waals surface area contributed by atoms with Crippen LogP contribution < -0.4 is 5.32 Å². The van der Waals surface area contributed by atoms with Crippen LogP contribution in [0.2, 0.25) is 0 Å². The second-order valence-corrected chi connectivity index (χ2v) is 8.42. The van der Waals surface area contributed by atoms with E-state index in [1.807, 2.05) is 41.9 Å². The second kappa shape index (κ2) is 9.93. The Kier molecular flexibility index (Phi) is 6.84. The zero-order valence-electron chi connectivity index (χ0n) is 16.7. The summed E-state index contributed by atoms with van der Waals surface area (Å²) in [7, 11) is 0. The molecule has 0 spiro atoms. The van der Waals surface area contributed by atoms with Crippen molar-refractivity contribution in [2.75, 3.05) is 32.7 Å². The number of hydrogen-bond donors (Lipinski definition) is 1. The first-order valence-corrected chi connectivity index (χ1v) is 11.0. The van der Waals surface area contributed by atoms with Crippen molar-refractivity contribution in [2.45, 2.75) is 12.6 Å². The number of carbonyl (C=O) groups excluding carboxylic acids is 1. The molecule has 3 aromatic rings. The lowest BCUT2D eigenvalue weighted by Crippen LogP contribution is -2.49. The van der Waals surface area contributed by atoms with Crippen molar-refractivity contribution in [3.63, 3.8) is 0 Å².